The minimum Gasteiger partial charge on any atom is -0.459 e. The number of hydrazine groups is 1. The molecule has 0 saturated heterocycles. The van der Waals surface area contributed by atoms with E-state index >= 15 is 0 Å². The number of rotatable bonds is 4. The molecule has 1 aromatic carbocycles. The first-order chi connectivity index (χ1) is 12.1. The van der Waals surface area contributed by atoms with Crippen molar-refractivity contribution in [2.45, 2.75) is 9.92 Å². The summed E-state index contributed by atoms with van der Waals surface area (Å²) >= 11 is 4.74. The van der Waals surface area contributed by atoms with Gasteiger partial charge in [0.15, 0.2) is 5.76 Å². The molecule has 0 bridgehead atoms. The van der Waals surface area contributed by atoms with Gasteiger partial charge in [-0.1, -0.05) is 27.7 Å². The highest BCUT2D eigenvalue weighted by molar-refractivity contribution is 9.10. The lowest BCUT2D eigenvalue weighted by atomic mass is 10.3. The largest absolute Gasteiger partial charge is 0.459 e. The van der Waals surface area contributed by atoms with Crippen molar-refractivity contribution in [1.82, 2.24) is 15.8 Å². The molecule has 0 unspecified atom stereocenters. The summed E-state index contributed by atoms with van der Waals surface area (Å²) < 4.78 is 5.93. The smallest absolute Gasteiger partial charge is 0.305 e. The summed E-state index contributed by atoms with van der Waals surface area (Å²) in [4.78, 5) is 29.4. The molecule has 2 amide bonds. The van der Waals surface area contributed by atoms with E-state index in [1.807, 2.05) is 24.3 Å². The molecule has 0 fully saturated rings. The van der Waals surface area contributed by atoms with Gasteiger partial charge in [0.1, 0.15) is 5.03 Å². The van der Waals surface area contributed by atoms with E-state index in [1.165, 1.54) is 24.1 Å². The van der Waals surface area contributed by atoms with E-state index in [-0.39, 0.29) is 5.76 Å². The SMILES string of the molecule is O=C(NNC(=O)c1cccnc1Sc1ccc(Br)cc1)c1ccco1. The van der Waals surface area contributed by atoms with Crippen LogP contribution in [0.4, 0.5) is 0 Å². The molecular formula is C17H12BrN3O3S. The maximum atomic E-state index is 12.4. The Kier molecular flexibility index (Phi) is 5.52. The van der Waals surface area contributed by atoms with Crippen LogP contribution in [0.5, 0.6) is 0 Å². The van der Waals surface area contributed by atoms with E-state index in [4.69, 9.17) is 4.42 Å². The van der Waals surface area contributed by atoms with Gasteiger partial charge in [-0.3, -0.25) is 20.4 Å². The topological polar surface area (TPSA) is 84.2 Å². The Morgan fingerprint density at radius 2 is 1.76 bits per heavy atom. The third kappa shape index (κ3) is 4.49. The van der Waals surface area contributed by atoms with Gasteiger partial charge in [0.05, 0.1) is 11.8 Å². The van der Waals surface area contributed by atoms with Crippen LogP contribution < -0.4 is 10.9 Å². The number of amides is 2. The van der Waals surface area contributed by atoms with Crippen molar-refractivity contribution in [3.8, 4) is 0 Å². The second-order valence-electron chi connectivity index (χ2n) is 4.80. The fourth-order valence-corrected chi connectivity index (χ4v) is 3.05. The van der Waals surface area contributed by atoms with Crippen LogP contribution in [0.1, 0.15) is 20.9 Å². The number of pyridine rings is 1. The van der Waals surface area contributed by atoms with E-state index < -0.39 is 11.8 Å². The molecule has 0 aliphatic heterocycles. The molecule has 8 heteroatoms. The minimum atomic E-state index is -0.538. The van der Waals surface area contributed by atoms with Crippen LogP contribution in [-0.4, -0.2) is 16.8 Å². The van der Waals surface area contributed by atoms with Gasteiger partial charge in [-0.05, 0) is 48.5 Å². The number of nitrogens with one attached hydrogen (secondary N) is 2. The fraction of sp³-hybridized carbons (Fsp3) is 0. The molecule has 0 atom stereocenters. The van der Waals surface area contributed by atoms with E-state index in [0.717, 1.165) is 9.37 Å². The molecular weight excluding hydrogens is 406 g/mol. The normalized spacial score (nSPS) is 10.3. The molecule has 0 saturated carbocycles. The van der Waals surface area contributed by atoms with Crippen molar-refractivity contribution in [3.63, 3.8) is 0 Å². The number of aromatic nitrogens is 1. The van der Waals surface area contributed by atoms with E-state index in [9.17, 15) is 9.59 Å². The van der Waals surface area contributed by atoms with Crippen LogP contribution in [0.2, 0.25) is 0 Å². The van der Waals surface area contributed by atoms with E-state index in [0.29, 0.717) is 10.6 Å². The predicted octanol–water partition coefficient (Wildman–Crippen LogP) is 3.66. The third-order valence-electron chi connectivity index (χ3n) is 3.08. The number of nitrogens with zero attached hydrogens (tertiary/aromatic N) is 1. The number of hydrogen-bond acceptors (Lipinski definition) is 5. The molecule has 25 heavy (non-hydrogen) atoms. The molecule has 2 aromatic heterocycles. The highest BCUT2D eigenvalue weighted by Gasteiger charge is 2.15. The van der Waals surface area contributed by atoms with Gasteiger partial charge in [0.2, 0.25) is 0 Å². The van der Waals surface area contributed by atoms with Gasteiger partial charge < -0.3 is 4.42 Å². The van der Waals surface area contributed by atoms with Gasteiger partial charge in [-0.15, -0.1) is 0 Å². The Hall–Kier alpha value is -2.58. The van der Waals surface area contributed by atoms with Crippen LogP contribution in [-0.2, 0) is 0 Å². The first-order valence-corrected chi connectivity index (χ1v) is 8.77. The summed E-state index contributed by atoms with van der Waals surface area (Å²) in [7, 11) is 0. The fourth-order valence-electron chi connectivity index (χ4n) is 1.91. The molecule has 0 radical (unpaired) electrons. The van der Waals surface area contributed by atoms with Crippen LogP contribution in [0.25, 0.3) is 0 Å². The van der Waals surface area contributed by atoms with Crippen molar-refractivity contribution in [1.29, 1.82) is 0 Å². The average Bonchev–Trinajstić information content (AvgIpc) is 3.16. The number of furan rings is 1. The molecule has 0 aliphatic carbocycles. The van der Waals surface area contributed by atoms with Gasteiger partial charge in [-0.2, -0.15) is 0 Å². The molecule has 0 aliphatic rings. The summed E-state index contributed by atoms with van der Waals surface area (Å²) in [5.74, 6) is -0.895. The van der Waals surface area contributed by atoms with Gasteiger partial charge >= 0.3 is 5.91 Å². The van der Waals surface area contributed by atoms with Crippen molar-refractivity contribution < 1.29 is 14.0 Å². The molecule has 3 rings (SSSR count). The average molecular weight is 418 g/mol. The van der Waals surface area contributed by atoms with Crippen LogP contribution in [0.15, 0.2) is 79.8 Å². The second kappa shape index (κ2) is 8.00. The summed E-state index contributed by atoms with van der Waals surface area (Å²) in [6, 6.07) is 14.1. The van der Waals surface area contributed by atoms with Crippen LogP contribution >= 0.6 is 27.7 Å². The lowest BCUT2D eigenvalue weighted by molar-refractivity contribution is 0.0829. The summed E-state index contributed by atoms with van der Waals surface area (Å²) in [6.45, 7) is 0. The van der Waals surface area contributed by atoms with E-state index in [1.54, 1.807) is 24.4 Å². The quantitative estimate of drug-likeness (QED) is 0.632. The zero-order valence-electron chi connectivity index (χ0n) is 12.7. The summed E-state index contributed by atoms with van der Waals surface area (Å²) in [5.41, 5.74) is 5.03. The van der Waals surface area contributed by atoms with E-state index in [2.05, 4.69) is 31.8 Å². The Balaban J connectivity index is 1.70. The molecule has 2 N–H and O–H groups in total. The Morgan fingerprint density at radius 1 is 1.00 bits per heavy atom. The van der Waals surface area contributed by atoms with Crippen molar-refractivity contribution in [2.24, 2.45) is 0 Å². The molecule has 0 spiro atoms. The third-order valence-corrected chi connectivity index (χ3v) is 4.63. The van der Waals surface area contributed by atoms with Crippen molar-refractivity contribution >= 4 is 39.5 Å². The minimum absolute atomic E-state index is 0.107. The highest BCUT2D eigenvalue weighted by atomic mass is 79.9. The first kappa shape index (κ1) is 17.2. The molecule has 3 aromatic rings. The number of benzene rings is 1. The van der Waals surface area contributed by atoms with Gasteiger partial charge in [0.25, 0.3) is 5.91 Å². The Bertz CT molecular complexity index is 882. The highest BCUT2D eigenvalue weighted by Crippen LogP contribution is 2.29. The zero-order chi connectivity index (χ0) is 17.6. The summed E-state index contributed by atoms with van der Waals surface area (Å²) in [5, 5.41) is 0.537. The van der Waals surface area contributed by atoms with Crippen LogP contribution in [0.3, 0.4) is 0 Å². The Morgan fingerprint density at radius 3 is 2.48 bits per heavy atom. The van der Waals surface area contributed by atoms with Crippen LogP contribution in [0, 0.1) is 0 Å². The van der Waals surface area contributed by atoms with Gasteiger partial charge in [-0.25, -0.2) is 4.98 Å². The predicted molar refractivity (Wildman–Crippen MR) is 96.1 cm³/mol. The molecule has 126 valence electrons. The summed E-state index contributed by atoms with van der Waals surface area (Å²) in [6.07, 6.45) is 2.99. The monoisotopic (exact) mass is 417 g/mol. The lowest BCUT2D eigenvalue weighted by Crippen LogP contribution is -2.41. The molecule has 2 heterocycles. The maximum absolute atomic E-state index is 12.4. The maximum Gasteiger partial charge on any atom is 0.305 e. The number of carbonyl (C=O) groups is 2. The number of hydrogen-bond donors (Lipinski definition) is 2. The number of carbonyl (C=O) groups excluding carboxylic acids is 2. The standard InChI is InChI=1S/C17H12BrN3O3S/c18-11-5-7-12(8-6-11)25-17-13(3-1-9-19-17)15(22)20-21-16(23)14-4-2-10-24-14/h1-10H,(H,20,22)(H,21,23). The zero-order valence-corrected chi connectivity index (χ0v) is 15.1. The Labute approximate surface area is 156 Å². The second-order valence-corrected chi connectivity index (χ2v) is 6.78. The first-order valence-electron chi connectivity index (χ1n) is 7.16. The number of halogens is 1. The lowest BCUT2D eigenvalue weighted by Gasteiger charge is -2.09. The molecule has 6 nitrogen and oxygen atoms in total. The van der Waals surface area contributed by atoms with Gasteiger partial charge in [0, 0.05) is 15.6 Å². The van der Waals surface area contributed by atoms with Crippen molar-refractivity contribution in [3.05, 3.63) is 76.8 Å². The van der Waals surface area contributed by atoms with Crippen molar-refractivity contribution in [2.75, 3.05) is 0 Å².